The van der Waals surface area contributed by atoms with Gasteiger partial charge in [0.25, 0.3) is 0 Å². The van der Waals surface area contributed by atoms with Gasteiger partial charge in [-0.2, -0.15) is 0 Å². The number of likely N-dealkylation sites (tertiary alicyclic amines) is 1. The van der Waals surface area contributed by atoms with E-state index in [1.165, 1.54) is 11.3 Å². The van der Waals surface area contributed by atoms with Crippen molar-refractivity contribution in [1.82, 2.24) is 20.9 Å². The van der Waals surface area contributed by atoms with Gasteiger partial charge in [0.05, 0.1) is 12.6 Å². The molecule has 1 saturated heterocycles. The van der Waals surface area contributed by atoms with Gasteiger partial charge in [0.2, 0.25) is 11.8 Å². The summed E-state index contributed by atoms with van der Waals surface area (Å²) in [6, 6.07) is -1.80. The fourth-order valence-corrected chi connectivity index (χ4v) is 6.74. The minimum Gasteiger partial charge on any atom is -0.479 e. The van der Waals surface area contributed by atoms with Crippen LogP contribution < -0.4 is 16.0 Å². The summed E-state index contributed by atoms with van der Waals surface area (Å²) in [6.07, 6.45) is 14.6. The Morgan fingerprint density at radius 3 is 2.33 bits per heavy atom. The molecule has 0 spiro atoms. The maximum absolute atomic E-state index is 13.2. The minimum absolute atomic E-state index is 0.0407. The van der Waals surface area contributed by atoms with Crippen molar-refractivity contribution in [3.05, 3.63) is 0 Å². The average molecular weight is 561 g/mol. The third kappa shape index (κ3) is 7.55. The van der Waals surface area contributed by atoms with Crippen LogP contribution in [0.2, 0.25) is 0 Å². The standard InChI is InChI=1S/C30H48N4O6/c1-2-3-4-5-9-13-22-18-30(22,28(38)39)33-27(37)23-14-10-17-34(23)24(35)19-31-29(40)32-25(26(36)21-15-16-21)20-11-7-6-8-12-20/h20-23,25H,2-19H2,1H3,(H,33,37)(H,38,39)(H2,31,32,40)/t22?,23-,25-,30+/m0/s1. The normalized spacial score (nSPS) is 27.1. The van der Waals surface area contributed by atoms with Crippen LogP contribution in [0, 0.1) is 17.8 Å². The number of nitrogens with zero attached hydrogens (tertiary/aromatic N) is 1. The molecule has 1 aliphatic heterocycles. The van der Waals surface area contributed by atoms with Crippen molar-refractivity contribution in [2.45, 2.75) is 127 Å². The number of Topliss-reactive ketones (excluding diaryl/α,β-unsaturated/α-hetero) is 1. The van der Waals surface area contributed by atoms with E-state index < -0.39 is 35.5 Å². The van der Waals surface area contributed by atoms with Crippen LogP contribution in [0.4, 0.5) is 4.79 Å². The second-order valence-electron chi connectivity index (χ2n) is 12.5. The molecule has 224 valence electrons. The molecule has 0 aromatic rings. The van der Waals surface area contributed by atoms with Gasteiger partial charge in [0.15, 0.2) is 5.78 Å². The lowest BCUT2D eigenvalue weighted by Crippen LogP contribution is -2.55. The number of hydrogen-bond donors (Lipinski definition) is 4. The van der Waals surface area contributed by atoms with Crippen LogP contribution >= 0.6 is 0 Å². The van der Waals surface area contributed by atoms with Gasteiger partial charge in [0, 0.05) is 12.5 Å². The second kappa shape index (κ2) is 13.8. The molecular formula is C30H48N4O6. The lowest BCUT2D eigenvalue weighted by molar-refractivity contribution is -0.145. The molecule has 10 heteroatoms. The first-order chi connectivity index (χ1) is 19.3. The molecule has 4 N–H and O–H groups in total. The Labute approximate surface area is 237 Å². The fraction of sp³-hybridized carbons (Fsp3) is 0.833. The zero-order valence-corrected chi connectivity index (χ0v) is 24.1. The molecular weight excluding hydrogens is 512 g/mol. The summed E-state index contributed by atoms with van der Waals surface area (Å²) in [5, 5.41) is 18.1. The number of urea groups is 1. The summed E-state index contributed by atoms with van der Waals surface area (Å²) in [5.41, 5.74) is -1.24. The van der Waals surface area contributed by atoms with Crippen LogP contribution in [0.5, 0.6) is 0 Å². The number of carboxylic acid groups (broad SMARTS) is 1. The smallest absolute Gasteiger partial charge is 0.329 e. The Morgan fingerprint density at radius 1 is 0.925 bits per heavy atom. The second-order valence-corrected chi connectivity index (χ2v) is 12.5. The maximum Gasteiger partial charge on any atom is 0.329 e. The van der Waals surface area contributed by atoms with Gasteiger partial charge in [-0.1, -0.05) is 58.3 Å². The highest BCUT2D eigenvalue weighted by molar-refractivity contribution is 5.96. The summed E-state index contributed by atoms with van der Waals surface area (Å²) in [4.78, 5) is 65.4. The molecule has 4 rings (SSSR count). The molecule has 4 amide bonds. The predicted molar refractivity (Wildman–Crippen MR) is 149 cm³/mol. The number of nitrogens with one attached hydrogen (secondary N) is 3. The number of ketones is 1. The first-order valence-electron chi connectivity index (χ1n) is 15.7. The van der Waals surface area contributed by atoms with Crippen LogP contribution in [0.15, 0.2) is 0 Å². The van der Waals surface area contributed by atoms with Crippen LogP contribution in [-0.4, -0.2) is 70.3 Å². The SMILES string of the molecule is CCCCCCCC1C[C@]1(NC(=O)[C@@H]1CCCN1C(=O)CNC(=O)N[C@H](C(=O)C1CC1)C1CCCCC1)C(=O)O. The molecule has 3 saturated carbocycles. The topological polar surface area (TPSA) is 145 Å². The van der Waals surface area contributed by atoms with E-state index in [1.807, 2.05) is 0 Å². The summed E-state index contributed by atoms with van der Waals surface area (Å²) < 4.78 is 0. The third-order valence-corrected chi connectivity index (χ3v) is 9.46. The summed E-state index contributed by atoms with van der Waals surface area (Å²) >= 11 is 0. The lowest BCUT2D eigenvalue weighted by atomic mass is 9.81. The van der Waals surface area contributed by atoms with Crippen LogP contribution in [0.1, 0.15) is 110 Å². The Kier molecular flexibility index (Phi) is 10.5. The molecule has 1 heterocycles. The van der Waals surface area contributed by atoms with Gasteiger partial charge in [-0.25, -0.2) is 9.59 Å². The van der Waals surface area contributed by atoms with Gasteiger partial charge < -0.3 is 26.0 Å². The van der Waals surface area contributed by atoms with Crippen molar-refractivity contribution in [1.29, 1.82) is 0 Å². The van der Waals surface area contributed by atoms with Gasteiger partial charge in [-0.3, -0.25) is 14.4 Å². The largest absolute Gasteiger partial charge is 0.479 e. The summed E-state index contributed by atoms with van der Waals surface area (Å²) in [5.74, 6) is -1.62. The van der Waals surface area contributed by atoms with Gasteiger partial charge in [-0.05, 0) is 63.2 Å². The van der Waals surface area contributed by atoms with Crippen molar-refractivity contribution < 1.29 is 29.1 Å². The third-order valence-electron chi connectivity index (χ3n) is 9.46. The Hall–Kier alpha value is -2.65. The lowest BCUT2D eigenvalue weighted by Gasteiger charge is -2.30. The zero-order chi connectivity index (χ0) is 28.7. The van der Waals surface area contributed by atoms with Crippen LogP contribution in [0.3, 0.4) is 0 Å². The molecule has 1 unspecified atom stereocenters. The van der Waals surface area contributed by atoms with E-state index in [2.05, 4.69) is 22.9 Å². The molecule has 0 radical (unpaired) electrons. The van der Waals surface area contributed by atoms with E-state index >= 15 is 0 Å². The quantitative estimate of drug-likeness (QED) is 0.226. The molecule has 0 aromatic heterocycles. The molecule has 4 aliphatic rings. The summed E-state index contributed by atoms with van der Waals surface area (Å²) in [6.45, 7) is 2.25. The number of rotatable bonds is 15. The number of carboxylic acids is 1. The van der Waals surface area contributed by atoms with Gasteiger partial charge >= 0.3 is 12.0 Å². The van der Waals surface area contributed by atoms with E-state index in [-0.39, 0.29) is 36.0 Å². The monoisotopic (exact) mass is 560 g/mol. The van der Waals surface area contributed by atoms with E-state index in [9.17, 15) is 29.1 Å². The van der Waals surface area contributed by atoms with Crippen LogP contribution in [0.25, 0.3) is 0 Å². The van der Waals surface area contributed by atoms with Crippen LogP contribution in [-0.2, 0) is 19.2 Å². The van der Waals surface area contributed by atoms with Crippen molar-refractivity contribution in [2.24, 2.45) is 17.8 Å². The van der Waals surface area contributed by atoms with E-state index in [1.54, 1.807) is 0 Å². The summed E-state index contributed by atoms with van der Waals surface area (Å²) in [7, 11) is 0. The highest BCUT2D eigenvalue weighted by Gasteiger charge is 2.61. The Morgan fingerprint density at radius 2 is 1.65 bits per heavy atom. The molecule has 10 nitrogen and oxygen atoms in total. The van der Waals surface area contributed by atoms with Gasteiger partial charge in [0.1, 0.15) is 11.6 Å². The highest BCUT2D eigenvalue weighted by Crippen LogP contribution is 2.47. The molecule has 4 fully saturated rings. The number of aliphatic carboxylic acids is 1. The maximum atomic E-state index is 13.2. The molecule has 3 aliphatic carbocycles. The van der Waals surface area contributed by atoms with E-state index in [0.29, 0.717) is 25.8 Å². The van der Waals surface area contributed by atoms with E-state index in [4.69, 9.17) is 0 Å². The Bertz CT molecular complexity index is 946. The van der Waals surface area contributed by atoms with Crippen molar-refractivity contribution in [2.75, 3.05) is 13.1 Å². The fourth-order valence-electron chi connectivity index (χ4n) is 6.74. The van der Waals surface area contributed by atoms with Crippen molar-refractivity contribution in [3.8, 4) is 0 Å². The molecule has 40 heavy (non-hydrogen) atoms. The zero-order valence-electron chi connectivity index (χ0n) is 24.1. The number of carbonyl (C=O) groups excluding carboxylic acids is 4. The predicted octanol–water partition coefficient (Wildman–Crippen LogP) is 3.52. The average Bonchev–Trinajstić information content (AvgIpc) is 3.86. The minimum atomic E-state index is -1.24. The molecule has 0 bridgehead atoms. The first kappa shape index (κ1) is 30.3. The molecule has 0 aromatic carbocycles. The van der Waals surface area contributed by atoms with Gasteiger partial charge in [-0.15, -0.1) is 0 Å². The highest BCUT2D eigenvalue weighted by atomic mass is 16.4. The first-order valence-corrected chi connectivity index (χ1v) is 15.7. The number of unbranched alkanes of at least 4 members (excludes halogenated alkanes) is 4. The number of amides is 4. The van der Waals surface area contributed by atoms with Crippen molar-refractivity contribution in [3.63, 3.8) is 0 Å². The number of hydrogen-bond acceptors (Lipinski definition) is 5. The van der Waals surface area contributed by atoms with E-state index in [0.717, 1.165) is 77.0 Å². The molecule has 4 atom stereocenters. The van der Waals surface area contributed by atoms with Crippen molar-refractivity contribution >= 4 is 29.6 Å². The number of carbonyl (C=O) groups is 5. The Balaban J connectivity index is 1.26.